The molecule has 0 saturated carbocycles. The van der Waals surface area contributed by atoms with Crippen molar-refractivity contribution in [3.63, 3.8) is 0 Å². The van der Waals surface area contributed by atoms with Gasteiger partial charge in [-0.3, -0.25) is 4.79 Å². The number of hydrogen-bond donors (Lipinski definition) is 1. The van der Waals surface area contributed by atoms with Crippen LogP contribution in [-0.2, 0) is 0 Å². The normalized spacial score (nSPS) is 14.9. The molecule has 4 rings (SSSR count). The molecule has 2 heterocycles. The van der Waals surface area contributed by atoms with Crippen LogP contribution in [0.15, 0.2) is 42.5 Å². The maximum Gasteiger partial charge on any atom is 0.256 e. The molecule has 0 radical (unpaired) electrons. The Kier molecular flexibility index (Phi) is 5.33. The van der Waals surface area contributed by atoms with Crippen molar-refractivity contribution in [2.24, 2.45) is 0 Å². The van der Waals surface area contributed by atoms with E-state index in [0.717, 1.165) is 35.5 Å². The van der Waals surface area contributed by atoms with E-state index in [1.54, 1.807) is 11.8 Å². The molecule has 5 nitrogen and oxygen atoms in total. The minimum absolute atomic E-state index is 0.0627. The monoisotopic (exact) mass is 407 g/mol. The summed E-state index contributed by atoms with van der Waals surface area (Å²) in [5.41, 5.74) is 4.68. The summed E-state index contributed by atoms with van der Waals surface area (Å²) in [7, 11) is 0. The molecular weight excluding hydrogens is 381 g/mol. The summed E-state index contributed by atoms with van der Waals surface area (Å²) in [4.78, 5) is 14.5. The van der Waals surface area contributed by atoms with E-state index in [2.05, 4.69) is 25.1 Å². The van der Waals surface area contributed by atoms with Crippen LogP contribution in [0.2, 0.25) is 0 Å². The lowest BCUT2D eigenvalue weighted by Crippen LogP contribution is -2.38. The first-order valence-electron chi connectivity index (χ1n) is 10.3. The number of aromatic hydroxyl groups is 1. The first-order valence-corrected chi connectivity index (χ1v) is 10.3. The SMILES string of the molecule is Cc1cc(C2CCN(C(=O)c3cc(O)c(C)cc3F)CC2)n(-c2ccccc2C)n1. The van der Waals surface area contributed by atoms with Gasteiger partial charge in [-0.2, -0.15) is 5.10 Å². The molecule has 30 heavy (non-hydrogen) atoms. The van der Waals surface area contributed by atoms with E-state index in [4.69, 9.17) is 5.10 Å². The van der Waals surface area contributed by atoms with Gasteiger partial charge in [-0.05, 0) is 69.0 Å². The average molecular weight is 407 g/mol. The van der Waals surface area contributed by atoms with Crippen LogP contribution in [-0.4, -0.2) is 38.8 Å². The second kappa shape index (κ2) is 7.94. The molecule has 1 aliphatic heterocycles. The number of likely N-dealkylation sites (tertiary alicyclic amines) is 1. The van der Waals surface area contributed by atoms with Gasteiger partial charge in [-0.1, -0.05) is 18.2 Å². The van der Waals surface area contributed by atoms with Crippen LogP contribution in [0.4, 0.5) is 4.39 Å². The summed E-state index contributed by atoms with van der Waals surface area (Å²) in [6.07, 6.45) is 1.56. The molecule has 3 aromatic rings. The second-order valence-corrected chi connectivity index (χ2v) is 8.09. The van der Waals surface area contributed by atoms with Crippen molar-refractivity contribution in [3.05, 3.63) is 76.4 Å². The maximum absolute atomic E-state index is 14.3. The van der Waals surface area contributed by atoms with Crippen LogP contribution < -0.4 is 0 Å². The summed E-state index contributed by atoms with van der Waals surface area (Å²) in [5, 5.41) is 14.6. The zero-order valence-corrected chi connectivity index (χ0v) is 17.5. The van der Waals surface area contributed by atoms with E-state index < -0.39 is 5.82 Å². The Morgan fingerprint density at radius 1 is 1.07 bits per heavy atom. The predicted molar refractivity (Wildman–Crippen MR) is 114 cm³/mol. The van der Waals surface area contributed by atoms with Crippen molar-refractivity contribution in [1.82, 2.24) is 14.7 Å². The Hall–Kier alpha value is -3.15. The Balaban J connectivity index is 1.53. The summed E-state index contributed by atoms with van der Waals surface area (Å²) in [6.45, 7) is 6.75. The van der Waals surface area contributed by atoms with E-state index in [1.807, 2.05) is 23.7 Å². The number of phenols is 1. The van der Waals surface area contributed by atoms with Crippen molar-refractivity contribution in [3.8, 4) is 11.4 Å². The van der Waals surface area contributed by atoms with E-state index >= 15 is 0 Å². The molecular formula is C24H26FN3O2. The topological polar surface area (TPSA) is 58.4 Å². The molecule has 0 bridgehead atoms. The zero-order valence-electron chi connectivity index (χ0n) is 17.5. The highest BCUT2D eigenvalue weighted by atomic mass is 19.1. The third kappa shape index (κ3) is 3.70. The van der Waals surface area contributed by atoms with E-state index in [-0.39, 0.29) is 23.1 Å². The van der Waals surface area contributed by atoms with E-state index in [1.165, 1.54) is 12.1 Å². The summed E-state index contributed by atoms with van der Waals surface area (Å²) in [6, 6.07) is 12.7. The molecule has 156 valence electrons. The van der Waals surface area contributed by atoms with Crippen molar-refractivity contribution in [2.45, 2.75) is 39.5 Å². The maximum atomic E-state index is 14.3. The minimum atomic E-state index is -0.592. The van der Waals surface area contributed by atoms with Crippen LogP contribution in [0, 0.1) is 26.6 Å². The molecule has 1 aliphatic rings. The number of hydrogen-bond acceptors (Lipinski definition) is 3. The standard InChI is InChI=1S/C24H26FN3O2/c1-15-6-4-5-7-21(15)28-22(13-17(3)26-28)18-8-10-27(11-9-18)24(30)19-14-23(29)16(2)12-20(19)25/h4-7,12-14,18,29H,8-11H2,1-3H3. The number of rotatable bonds is 3. The lowest BCUT2D eigenvalue weighted by atomic mass is 9.92. The number of aryl methyl sites for hydroxylation is 3. The predicted octanol–water partition coefficient (Wildman–Crippen LogP) is 4.66. The van der Waals surface area contributed by atoms with Gasteiger partial charge in [0.05, 0.1) is 16.9 Å². The van der Waals surface area contributed by atoms with Gasteiger partial charge >= 0.3 is 0 Å². The lowest BCUT2D eigenvalue weighted by Gasteiger charge is -2.32. The van der Waals surface area contributed by atoms with Crippen LogP contribution >= 0.6 is 0 Å². The van der Waals surface area contributed by atoms with Crippen LogP contribution in [0.1, 0.15) is 51.6 Å². The van der Waals surface area contributed by atoms with Gasteiger partial charge in [0.1, 0.15) is 11.6 Å². The van der Waals surface area contributed by atoms with Gasteiger partial charge in [-0.25, -0.2) is 9.07 Å². The van der Waals surface area contributed by atoms with Gasteiger partial charge in [0.15, 0.2) is 0 Å². The molecule has 1 aromatic heterocycles. The number of carbonyl (C=O) groups excluding carboxylic acids is 1. The number of halogens is 1. The third-order valence-electron chi connectivity index (χ3n) is 5.92. The van der Waals surface area contributed by atoms with Crippen LogP contribution in [0.5, 0.6) is 5.75 Å². The number of para-hydroxylation sites is 1. The Morgan fingerprint density at radius 2 is 1.77 bits per heavy atom. The fourth-order valence-electron chi connectivity index (χ4n) is 4.18. The van der Waals surface area contributed by atoms with Crippen LogP contribution in [0.3, 0.4) is 0 Å². The van der Waals surface area contributed by atoms with Gasteiger partial charge in [0.2, 0.25) is 0 Å². The summed E-state index contributed by atoms with van der Waals surface area (Å²) >= 11 is 0. The summed E-state index contributed by atoms with van der Waals surface area (Å²) < 4.78 is 16.3. The van der Waals surface area contributed by atoms with Crippen molar-refractivity contribution < 1.29 is 14.3 Å². The Labute approximate surface area is 175 Å². The number of carbonyl (C=O) groups is 1. The van der Waals surface area contributed by atoms with Crippen LogP contribution in [0.25, 0.3) is 5.69 Å². The second-order valence-electron chi connectivity index (χ2n) is 8.09. The first kappa shape index (κ1) is 20.1. The van der Waals surface area contributed by atoms with Crippen molar-refractivity contribution >= 4 is 5.91 Å². The fourth-order valence-corrected chi connectivity index (χ4v) is 4.18. The quantitative estimate of drug-likeness (QED) is 0.687. The van der Waals surface area contributed by atoms with Gasteiger partial charge in [0.25, 0.3) is 5.91 Å². The minimum Gasteiger partial charge on any atom is -0.508 e. The number of phenolic OH excluding ortho intramolecular Hbond substituents is 1. The number of nitrogens with zero attached hydrogens (tertiary/aromatic N) is 3. The molecule has 2 aromatic carbocycles. The average Bonchev–Trinajstić information content (AvgIpc) is 3.12. The Bertz CT molecular complexity index is 1100. The molecule has 0 unspecified atom stereocenters. The van der Waals surface area contributed by atoms with Gasteiger partial charge in [-0.15, -0.1) is 0 Å². The van der Waals surface area contributed by atoms with Crippen molar-refractivity contribution in [2.75, 3.05) is 13.1 Å². The summed E-state index contributed by atoms with van der Waals surface area (Å²) in [5.74, 6) is -0.756. The van der Waals surface area contributed by atoms with E-state index in [0.29, 0.717) is 18.7 Å². The number of benzene rings is 2. The van der Waals surface area contributed by atoms with Gasteiger partial charge in [0, 0.05) is 24.7 Å². The third-order valence-corrected chi connectivity index (χ3v) is 5.92. The molecule has 1 N–H and O–H groups in total. The highest BCUT2D eigenvalue weighted by Crippen LogP contribution is 2.32. The molecule has 0 aliphatic carbocycles. The molecule has 0 spiro atoms. The van der Waals surface area contributed by atoms with Crippen molar-refractivity contribution in [1.29, 1.82) is 0 Å². The highest BCUT2D eigenvalue weighted by molar-refractivity contribution is 5.95. The highest BCUT2D eigenvalue weighted by Gasteiger charge is 2.29. The molecule has 1 saturated heterocycles. The smallest absolute Gasteiger partial charge is 0.256 e. The van der Waals surface area contributed by atoms with Gasteiger partial charge < -0.3 is 10.0 Å². The largest absolute Gasteiger partial charge is 0.508 e. The first-order chi connectivity index (χ1) is 14.3. The fraction of sp³-hybridized carbons (Fsp3) is 0.333. The lowest BCUT2D eigenvalue weighted by molar-refractivity contribution is 0.0706. The molecule has 0 atom stereocenters. The number of amides is 1. The molecule has 1 fully saturated rings. The molecule has 1 amide bonds. The number of piperidine rings is 1. The molecule has 6 heteroatoms. The number of aromatic nitrogens is 2. The van der Waals surface area contributed by atoms with E-state index in [9.17, 15) is 14.3 Å². The Morgan fingerprint density at radius 3 is 2.47 bits per heavy atom. The zero-order chi connectivity index (χ0) is 21.4.